The Morgan fingerprint density at radius 1 is 1.58 bits per heavy atom. The molecule has 64 valence electrons. The molecule has 1 aromatic rings. The number of anilines is 1. The van der Waals surface area contributed by atoms with Crippen molar-refractivity contribution < 1.29 is 0 Å². The maximum Gasteiger partial charge on any atom is 0.140 e. The van der Waals surface area contributed by atoms with Crippen LogP contribution in [0.4, 0.5) is 5.82 Å². The molecule has 1 N–H and O–H groups in total. The molecule has 0 unspecified atom stereocenters. The van der Waals surface area contributed by atoms with Crippen LogP contribution in [0.3, 0.4) is 0 Å². The largest absolute Gasteiger partial charge is 0.366 e. The lowest BCUT2D eigenvalue weighted by atomic mass is 10.3. The number of aromatic nitrogens is 1. The highest BCUT2D eigenvalue weighted by atomic mass is 79.9. The summed E-state index contributed by atoms with van der Waals surface area (Å²) < 4.78 is 1.06. The number of halogens is 1. The highest BCUT2D eigenvalue weighted by molar-refractivity contribution is 9.10. The van der Waals surface area contributed by atoms with E-state index in [1.807, 2.05) is 13.1 Å². The van der Waals surface area contributed by atoms with Crippen molar-refractivity contribution >= 4 is 21.7 Å². The molecule has 2 nitrogen and oxygen atoms in total. The molecule has 0 radical (unpaired) electrons. The SMILES string of the molecule is Cc1cnc(NC2CC2)c(Br)c1. The first-order valence-electron chi connectivity index (χ1n) is 4.14. The molecule has 0 atom stereocenters. The molecule has 1 aliphatic rings. The van der Waals surface area contributed by atoms with Gasteiger partial charge in [0.1, 0.15) is 5.82 Å². The smallest absolute Gasteiger partial charge is 0.140 e. The zero-order valence-electron chi connectivity index (χ0n) is 6.97. The van der Waals surface area contributed by atoms with Gasteiger partial charge in [-0.05, 0) is 47.3 Å². The van der Waals surface area contributed by atoms with Crippen LogP contribution in [-0.2, 0) is 0 Å². The molecule has 0 amide bonds. The van der Waals surface area contributed by atoms with Gasteiger partial charge < -0.3 is 5.32 Å². The normalized spacial score (nSPS) is 16.2. The summed E-state index contributed by atoms with van der Waals surface area (Å²) in [6, 6.07) is 2.74. The highest BCUT2D eigenvalue weighted by Gasteiger charge is 2.21. The fourth-order valence-corrected chi connectivity index (χ4v) is 1.64. The fourth-order valence-electron chi connectivity index (χ4n) is 1.06. The van der Waals surface area contributed by atoms with Gasteiger partial charge in [-0.15, -0.1) is 0 Å². The van der Waals surface area contributed by atoms with Gasteiger partial charge in [-0.25, -0.2) is 4.98 Å². The third-order valence-electron chi connectivity index (χ3n) is 1.90. The van der Waals surface area contributed by atoms with E-state index in [-0.39, 0.29) is 0 Å². The number of aryl methyl sites for hydroxylation is 1. The molecular formula is C9H11BrN2. The summed E-state index contributed by atoms with van der Waals surface area (Å²) in [6.45, 7) is 2.04. The molecule has 0 aliphatic heterocycles. The van der Waals surface area contributed by atoms with E-state index in [4.69, 9.17) is 0 Å². The van der Waals surface area contributed by atoms with Crippen molar-refractivity contribution in [3.63, 3.8) is 0 Å². The van der Waals surface area contributed by atoms with Crippen molar-refractivity contribution in [1.82, 2.24) is 4.98 Å². The van der Waals surface area contributed by atoms with Gasteiger partial charge in [0.2, 0.25) is 0 Å². The molecule has 1 fully saturated rings. The molecule has 0 saturated heterocycles. The summed E-state index contributed by atoms with van der Waals surface area (Å²) in [7, 11) is 0. The summed E-state index contributed by atoms with van der Waals surface area (Å²) >= 11 is 3.48. The summed E-state index contributed by atoms with van der Waals surface area (Å²) in [5.41, 5.74) is 1.18. The lowest BCUT2D eigenvalue weighted by molar-refractivity contribution is 1.10. The maximum atomic E-state index is 4.30. The molecule has 1 saturated carbocycles. The number of hydrogen-bond donors (Lipinski definition) is 1. The summed E-state index contributed by atoms with van der Waals surface area (Å²) in [4.78, 5) is 4.30. The minimum Gasteiger partial charge on any atom is -0.366 e. The molecule has 2 rings (SSSR count). The predicted octanol–water partition coefficient (Wildman–Crippen LogP) is 2.73. The topological polar surface area (TPSA) is 24.9 Å². The van der Waals surface area contributed by atoms with Gasteiger partial charge in [0, 0.05) is 12.2 Å². The Labute approximate surface area is 80.5 Å². The van der Waals surface area contributed by atoms with Crippen molar-refractivity contribution in [2.75, 3.05) is 5.32 Å². The minimum absolute atomic E-state index is 0.663. The van der Waals surface area contributed by atoms with E-state index in [0.717, 1.165) is 10.3 Å². The second kappa shape index (κ2) is 3.05. The summed E-state index contributed by atoms with van der Waals surface area (Å²) in [5, 5.41) is 3.35. The van der Waals surface area contributed by atoms with Crippen molar-refractivity contribution in [3.05, 3.63) is 22.3 Å². The minimum atomic E-state index is 0.663. The number of pyridine rings is 1. The van der Waals surface area contributed by atoms with Crippen LogP contribution in [0, 0.1) is 6.92 Å². The zero-order chi connectivity index (χ0) is 8.55. The van der Waals surface area contributed by atoms with Crippen LogP contribution in [0.1, 0.15) is 18.4 Å². The Bertz CT molecular complexity index is 295. The average molecular weight is 227 g/mol. The summed E-state index contributed by atoms with van der Waals surface area (Å²) in [6.07, 6.45) is 4.44. The van der Waals surface area contributed by atoms with Crippen LogP contribution in [-0.4, -0.2) is 11.0 Å². The van der Waals surface area contributed by atoms with Crippen LogP contribution >= 0.6 is 15.9 Å². The molecule has 0 spiro atoms. The molecule has 0 bridgehead atoms. The first kappa shape index (κ1) is 8.05. The number of nitrogens with zero attached hydrogens (tertiary/aromatic N) is 1. The average Bonchev–Trinajstić information content (AvgIpc) is 2.79. The Kier molecular flexibility index (Phi) is 2.05. The quantitative estimate of drug-likeness (QED) is 0.840. The van der Waals surface area contributed by atoms with Gasteiger partial charge in [-0.1, -0.05) is 0 Å². The maximum absolute atomic E-state index is 4.30. The Morgan fingerprint density at radius 2 is 2.33 bits per heavy atom. The van der Waals surface area contributed by atoms with Crippen molar-refractivity contribution in [1.29, 1.82) is 0 Å². The molecular weight excluding hydrogens is 216 g/mol. The van der Waals surface area contributed by atoms with E-state index in [0.29, 0.717) is 6.04 Å². The van der Waals surface area contributed by atoms with Crippen molar-refractivity contribution in [2.45, 2.75) is 25.8 Å². The fraction of sp³-hybridized carbons (Fsp3) is 0.444. The Morgan fingerprint density at radius 3 is 2.92 bits per heavy atom. The van der Waals surface area contributed by atoms with E-state index in [1.54, 1.807) is 0 Å². The standard InChI is InChI=1S/C9H11BrN2/c1-6-4-8(10)9(11-5-6)12-7-2-3-7/h4-5,7H,2-3H2,1H3,(H,11,12). The van der Waals surface area contributed by atoms with Crippen LogP contribution in [0.25, 0.3) is 0 Å². The molecule has 1 aliphatic carbocycles. The van der Waals surface area contributed by atoms with Crippen LogP contribution in [0.2, 0.25) is 0 Å². The van der Waals surface area contributed by atoms with Gasteiger partial charge in [0.15, 0.2) is 0 Å². The third kappa shape index (κ3) is 1.78. The summed E-state index contributed by atoms with van der Waals surface area (Å²) in [5.74, 6) is 0.975. The van der Waals surface area contributed by atoms with Gasteiger partial charge in [0.05, 0.1) is 4.47 Å². The zero-order valence-corrected chi connectivity index (χ0v) is 8.56. The van der Waals surface area contributed by atoms with E-state index >= 15 is 0 Å². The molecule has 1 aromatic heterocycles. The first-order valence-corrected chi connectivity index (χ1v) is 4.93. The van der Waals surface area contributed by atoms with E-state index in [1.165, 1.54) is 18.4 Å². The second-order valence-electron chi connectivity index (χ2n) is 3.26. The Balaban J connectivity index is 2.18. The Hall–Kier alpha value is -0.570. The number of hydrogen-bond acceptors (Lipinski definition) is 2. The second-order valence-corrected chi connectivity index (χ2v) is 4.12. The van der Waals surface area contributed by atoms with Gasteiger partial charge >= 0.3 is 0 Å². The molecule has 1 heterocycles. The monoisotopic (exact) mass is 226 g/mol. The van der Waals surface area contributed by atoms with E-state index in [9.17, 15) is 0 Å². The van der Waals surface area contributed by atoms with Crippen molar-refractivity contribution in [2.24, 2.45) is 0 Å². The van der Waals surface area contributed by atoms with E-state index < -0.39 is 0 Å². The van der Waals surface area contributed by atoms with Crippen LogP contribution in [0.15, 0.2) is 16.7 Å². The van der Waals surface area contributed by atoms with Crippen molar-refractivity contribution in [3.8, 4) is 0 Å². The molecule has 12 heavy (non-hydrogen) atoms. The highest BCUT2D eigenvalue weighted by Crippen LogP contribution is 2.28. The van der Waals surface area contributed by atoms with Gasteiger partial charge in [0.25, 0.3) is 0 Å². The lowest BCUT2D eigenvalue weighted by Gasteiger charge is -2.05. The first-order chi connectivity index (χ1) is 5.75. The molecule has 3 heteroatoms. The van der Waals surface area contributed by atoms with Gasteiger partial charge in [-0.2, -0.15) is 0 Å². The van der Waals surface area contributed by atoms with Crippen LogP contribution in [0.5, 0.6) is 0 Å². The number of nitrogens with one attached hydrogen (secondary N) is 1. The predicted molar refractivity (Wildman–Crippen MR) is 53.3 cm³/mol. The van der Waals surface area contributed by atoms with Gasteiger partial charge in [-0.3, -0.25) is 0 Å². The lowest BCUT2D eigenvalue weighted by Crippen LogP contribution is -2.03. The molecule has 0 aromatic carbocycles. The van der Waals surface area contributed by atoms with E-state index in [2.05, 4.69) is 32.3 Å². The van der Waals surface area contributed by atoms with Crippen LogP contribution < -0.4 is 5.32 Å². The third-order valence-corrected chi connectivity index (χ3v) is 2.50. The number of rotatable bonds is 2.